The van der Waals surface area contributed by atoms with Crippen molar-refractivity contribution in [3.63, 3.8) is 0 Å². The van der Waals surface area contributed by atoms with Gasteiger partial charge in [0.05, 0.1) is 20.8 Å². The highest BCUT2D eigenvalue weighted by Crippen LogP contribution is 2.44. The highest BCUT2D eigenvalue weighted by Gasteiger charge is 2.45. The lowest BCUT2D eigenvalue weighted by Gasteiger charge is -2.41. The van der Waals surface area contributed by atoms with Gasteiger partial charge in [-0.05, 0) is 40.8 Å². The third kappa shape index (κ3) is 3.72. The molecule has 0 radical (unpaired) electrons. The lowest BCUT2D eigenvalue weighted by Crippen LogP contribution is -2.55. The molecule has 2 aromatic carbocycles. The van der Waals surface area contributed by atoms with Gasteiger partial charge in [0.2, 0.25) is 0 Å². The number of rotatable bonds is 6. The van der Waals surface area contributed by atoms with Crippen molar-refractivity contribution in [2.45, 2.75) is 48.6 Å². The van der Waals surface area contributed by atoms with E-state index in [4.69, 9.17) is 14.2 Å². The maximum Gasteiger partial charge on any atom is 0.128 e. The minimum Gasteiger partial charge on any atom is -0.496 e. The summed E-state index contributed by atoms with van der Waals surface area (Å²) in [4.78, 5) is 0. The Balaban J connectivity index is 1.82. The Morgan fingerprint density at radius 2 is 1.62 bits per heavy atom. The summed E-state index contributed by atoms with van der Waals surface area (Å²) in [5, 5.41) is 40.3. The fraction of sp³-hybridized carbons (Fsp3) is 0.478. The van der Waals surface area contributed by atoms with Crippen LogP contribution in [0, 0.1) is 0 Å². The third-order valence-electron chi connectivity index (χ3n) is 7.02. The largest absolute Gasteiger partial charge is 0.496 e. The minimum absolute atomic E-state index is 0.419. The summed E-state index contributed by atoms with van der Waals surface area (Å²) < 4.78 is 17.1. The molecule has 7 nitrogen and oxygen atoms in total. The van der Waals surface area contributed by atoms with E-state index in [9.17, 15) is 20.4 Å². The van der Waals surface area contributed by atoms with Crippen LogP contribution in [0.4, 0.5) is 0 Å². The molecule has 170 valence electrons. The van der Waals surface area contributed by atoms with Crippen LogP contribution in [0.15, 0.2) is 30.3 Å². The summed E-state index contributed by atoms with van der Waals surface area (Å²) in [6.07, 6.45) is -4.11. The summed E-state index contributed by atoms with van der Waals surface area (Å²) in [6.45, 7) is -0.493. The molecule has 4 N–H and O–H groups in total. The molecule has 0 saturated carbocycles. The number of ether oxygens (including phenoxy) is 3. The van der Waals surface area contributed by atoms with Crippen LogP contribution < -0.4 is 9.47 Å². The molecule has 0 spiro atoms. The van der Waals surface area contributed by atoms with Crippen LogP contribution in [-0.4, -0.2) is 81.4 Å². The molecule has 0 amide bonds. The highest BCUT2D eigenvalue weighted by atomic mass is 16.5. The Kier molecular flexibility index (Phi) is 6.31. The standard InChI is InChI=1S/C23H30B2O7/c1-30-16-9-17(31-2)15(23(24,25)13-6-5-11-3-4-12(11)7-13)8-14(16)22-21(29)20(28)19(27)18(10-26)32-22/h5-9,18-22,26-29H,3-4,10,24-25H2,1-2H3/t18-,19-,20+,21-,22+/m1/s1. The Hall–Kier alpha value is -2.03. The molecule has 9 heteroatoms. The second-order valence-corrected chi connectivity index (χ2v) is 9.15. The molecule has 32 heavy (non-hydrogen) atoms. The molecule has 1 aliphatic heterocycles. The minimum atomic E-state index is -1.47. The van der Waals surface area contributed by atoms with Crippen molar-refractivity contribution in [3.05, 3.63) is 58.1 Å². The molecule has 1 aliphatic carbocycles. The maximum absolute atomic E-state index is 10.7. The van der Waals surface area contributed by atoms with Crippen molar-refractivity contribution in [2.24, 2.45) is 0 Å². The Bertz CT molecular complexity index is 995. The van der Waals surface area contributed by atoms with E-state index < -0.39 is 42.3 Å². The van der Waals surface area contributed by atoms with E-state index in [-0.39, 0.29) is 0 Å². The molecule has 0 aromatic heterocycles. The first-order valence-corrected chi connectivity index (χ1v) is 10.9. The molecule has 0 unspecified atom stereocenters. The van der Waals surface area contributed by atoms with Gasteiger partial charge in [-0.2, -0.15) is 0 Å². The van der Waals surface area contributed by atoms with Crippen LogP contribution >= 0.6 is 0 Å². The fourth-order valence-corrected chi connectivity index (χ4v) is 4.73. The van der Waals surface area contributed by atoms with Gasteiger partial charge in [-0.15, -0.1) is 0 Å². The van der Waals surface area contributed by atoms with Crippen molar-refractivity contribution in [3.8, 4) is 11.5 Å². The third-order valence-corrected chi connectivity index (χ3v) is 7.02. The van der Waals surface area contributed by atoms with Crippen LogP contribution in [0.1, 0.15) is 33.9 Å². The van der Waals surface area contributed by atoms with Crippen molar-refractivity contribution in [1.82, 2.24) is 0 Å². The predicted molar refractivity (Wildman–Crippen MR) is 124 cm³/mol. The van der Waals surface area contributed by atoms with E-state index in [0.29, 0.717) is 17.1 Å². The summed E-state index contributed by atoms with van der Waals surface area (Å²) in [6, 6.07) is 10.1. The van der Waals surface area contributed by atoms with E-state index in [1.807, 2.05) is 6.07 Å². The van der Waals surface area contributed by atoms with Gasteiger partial charge in [-0.1, -0.05) is 23.8 Å². The number of fused-ring (bicyclic) bond motifs is 1. The van der Waals surface area contributed by atoms with Crippen molar-refractivity contribution < 1.29 is 34.6 Å². The molecule has 0 bridgehead atoms. The smallest absolute Gasteiger partial charge is 0.128 e. The van der Waals surface area contributed by atoms with Gasteiger partial charge >= 0.3 is 0 Å². The van der Waals surface area contributed by atoms with Gasteiger partial charge in [-0.3, -0.25) is 0 Å². The molecule has 1 fully saturated rings. The fourth-order valence-electron chi connectivity index (χ4n) is 4.73. The average Bonchev–Trinajstić information content (AvgIpc) is 2.77. The quantitative estimate of drug-likeness (QED) is 0.418. The average molecular weight is 440 g/mol. The molecule has 2 aromatic rings. The normalized spacial score (nSPS) is 27.4. The zero-order valence-electron chi connectivity index (χ0n) is 18.9. The summed E-state index contributed by atoms with van der Waals surface area (Å²) in [7, 11) is 7.31. The zero-order valence-corrected chi connectivity index (χ0v) is 18.9. The number of aliphatic hydroxyl groups is 4. The van der Waals surface area contributed by atoms with Crippen LogP contribution in [0.5, 0.6) is 11.5 Å². The molecular formula is C23H30B2O7. The number of benzene rings is 2. The van der Waals surface area contributed by atoms with Gasteiger partial charge in [0, 0.05) is 11.6 Å². The van der Waals surface area contributed by atoms with E-state index in [1.54, 1.807) is 13.2 Å². The number of hydrogen-bond donors (Lipinski definition) is 4. The van der Waals surface area contributed by atoms with Crippen molar-refractivity contribution in [1.29, 1.82) is 0 Å². The van der Waals surface area contributed by atoms with E-state index in [1.165, 1.54) is 18.2 Å². The topological polar surface area (TPSA) is 109 Å². The predicted octanol–water partition coefficient (Wildman–Crippen LogP) is -1.22. The van der Waals surface area contributed by atoms with Crippen LogP contribution in [-0.2, 0) is 22.8 Å². The first kappa shape index (κ1) is 23.1. The second-order valence-electron chi connectivity index (χ2n) is 9.15. The van der Waals surface area contributed by atoms with Crippen LogP contribution in [0.3, 0.4) is 0 Å². The summed E-state index contributed by atoms with van der Waals surface area (Å²) in [5.74, 6) is 1.05. The van der Waals surface area contributed by atoms with E-state index >= 15 is 0 Å². The van der Waals surface area contributed by atoms with Crippen LogP contribution in [0.25, 0.3) is 0 Å². The zero-order chi connectivity index (χ0) is 23.2. The number of methoxy groups -OCH3 is 2. The van der Waals surface area contributed by atoms with Gasteiger partial charge in [-0.25, -0.2) is 0 Å². The SMILES string of the molecule is BC(B)(c1ccc2c(c1)CC2)c1cc([C@@H]2O[C@H](CO)[C@@H](O)[C@H](O)[C@H]2O)c(OC)cc1OC. The van der Waals surface area contributed by atoms with Gasteiger partial charge < -0.3 is 34.6 Å². The Labute approximate surface area is 189 Å². The lowest BCUT2D eigenvalue weighted by atomic mass is 9.47. The summed E-state index contributed by atoms with van der Waals surface area (Å²) >= 11 is 0. The molecule has 1 heterocycles. The molecule has 4 rings (SSSR count). The second kappa shape index (κ2) is 8.72. The van der Waals surface area contributed by atoms with Crippen molar-refractivity contribution >= 4 is 15.7 Å². The van der Waals surface area contributed by atoms with Gasteiger partial charge in [0.1, 0.15) is 57.7 Å². The number of aliphatic hydroxyl groups excluding tert-OH is 4. The first-order chi connectivity index (χ1) is 15.2. The Morgan fingerprint density at radius 1 is 0.938 bits per heavy atom. The highest BCUT2D eigenvalue weighted by molar-refractivity contribution is 6.42. The lowest BCUT2D eigenvalue weighted by molar-refractivity contribution is -0.232. The first-order valence-electron chi connectivity index (χ1n) is 10.9. The Morgan fingerprint density at radius 3 is 2.19 bits per heavy atom. The van der Waals surface area contributed by atoms with E-state index in [2.05, 4.69) is 33.9 Å². The molecule has 2 aliphatic rings. The van der Waals surface area contributed by atoms with Gasteiger partial charge in [0.15, 0.2) is 0 Å². The van der Waals surface area contributed by atoms with Crippen LogP contribution in [0.2, 0.25) is 0 Å². The maximum atomic E-state index is 10.7. The monoisotopic (exact) mass is 440 g/mol. The van der Waals surface area contributed by atoms with Gasteiger partial charge in [0.25, 0.3) is 0 Å². The number of hydrogen-bond acceptors (Lipinski definition) is 7. The molecule has 1 saturated heterocycles. The van der Waals surface area contributed by atoms with Crippen molar-refractivity contribution in [2.75, 3.05) is 20.8 Å². The number of aryl methyl sites for hydroxylation is 2. The molecule has 5 atom stereocenters. The summed E-state index contributed by atoms with van der Waals surface area (Å²) in [5.41, 5.74) is 5.26. The molecular weight excluding hydrogens is 410 g/mol. The van der Waals surface area contributed by atoms with E-state index in [0.717, 1.165) is 24.0 Å².